The molecule has 0 amide bonds. The zero-order valence-corrected chi connectivity index (χ0v) is 11.7. The number of nitrogens with zero attached hydrogens (tertiary/aromatic N) is 3. The Kier molecular flexibility index (Phi) is 4.44. The first-order chi connectivity index (χ1) is 9.19. The Morgan fingerprint density at radius 2 is 2.11 bits per heavy atom. The summed E-state index contributed by atoms with van der Waals surface area (Å²) in [5, 5.41) is 3.26. The van der Waals surface area contributed by atoms with E-state index in [1.165, 1.54) is 0 Å². The molecule has 0 bridgehead atoms. The molecule has 2 heterocycles. The molecule has 0 fully saturated rings. The third-order valence-electron chi connectivity index (χ3n) is 2.83. The fraction of sp³-hybridized carbons (Fsp3) is 0.400. The third kappa shape index (κ3) is 3.74. The maximum Gasteiger partial charge on any atom is 0.135 e. The van der Waals surface area contributed by atoms with Crippen molar-refractivity contribution in [3.63, 3.8) is 0 Å². The molecule has 0 aliphatic heterocycles. The molecule has 0 saturated carbocycles. The molecule has 0 aliphatic carbocycles. The van der Waals surface area contributed by atoms with Crippen LogP contribution in [0.2, 0.25) is 0 Å². The number of rotatable bonds is 5. The second-order valence-electron chi connectivity index (χ2n) is 4.82. The van der Waals surface area contributed by atoms with Gasteiger partial charge in [0.15, 0.2) is 0 Å². The van der Waals surface area contributed by atoms with Crippen LogP contribution in [0, 0.1) is 0 Å². The Morgan fingerprint density at radius 1 is 1.26 bits per heavy atom. The minimum absolute atomic E-state index is 0.396. The monoisotopic (exact) mass is 256 g/mol. The summed E-state index contributed by atoms with van der Waals surface area (Å²) in [5.74, 6) is 2.14. The van der Waals surface area contributed by atoms with Gasteiger partial charge in [-0.2, -0.15) is 0 Å². The zero-order valence-electron chi connectivity index (χ0n) is 11.7. The molecule has 0 atom stereocenters. The van der Waals surface area contributed by atoms with E-state index in [2.05, 4.69) is 41.0 Å². The lowest BCUT2D eigenvalue weighted by Gasteiger charge is -2.11. The molecular formula is C15H20N4. The van der Waals surface area contributed by atoms with Crippen LogP contribution in [0.15, 0.2) is 30.6 Å². The third-order valence-corrected chi connectivity index (χ3v) is 2.83. The van der Waals surface area contributed by atoms with Gasteiger partial charge in [0.2, 0.25) is 0 Å². The van der Waals surface area contributed by atoms with Gasteiger partial charge in [-0.3, -0.25) is 4.98 Å². The van der Waals surface area contributed by atoms with Crippen molar-refractivity contribution < 1.29 is 0 Å². The molecule has 4 nitrogen and oxygen atoms in total. The lowest BCUT2D eigenvalue weighted by atomic mass is 10.1. The van der Waals surface area contributed by atoms with Gasteiger partial charge in [0.1, 0.15) is 11.6 Å². The van der Waals surface area contributed by atoms with Crippen LogP contribution >= 0.6 is 0 Å². The Bertz CT molecular complexity index is 523. The normalized spacial score (nSPS) is 10.7. The van der Waals surface area contributed by atoms with Crippen molar-refractivity contribution in [3.8, 4) is 0 Å². The van der Waals surface area contributed by atoms with Gasteiger partial charge in [-0.1, -0.05) is 19.9 Å². The van der Waals surface area contributed by atoms with Crippen molar-refractivity contribution in [2.75, 3.05) is 11.9 Å². The van der Waals surface area contributed by atoms with Gasteiger partial charge in [-0.25, -0.2) is 9.97 Å². The molecule has 0 unspecified atom stereocenters. The molecule has 2 aromatic heterocycles. The molecule has 0 spiro atoms. The number of nitrogens with one attached hydrogen (secondary N) is 1. The Morgan fingerprint density at radius 3 is 2.74 bits per heavy atom. The summed E-state index contributed by atoms with van der Waals surface area (Å²) in [6, 6.07) is 6.01. The second-order valence-corrected chi connectivity index (χ2v) is 4.82. The van der Waals surface area contributed by atoms with Gasteiger partial charge in [-0.05, 0) is 24.5 Å². The highest BCUT2D eigenvalue weighted by Gasteiger charge is 2.08. The molecule has 1 N–H and O–H groups in total. The lowest BCUT2D eigenvalue weighted by Crippen LogP contribution is -2.07. The first kappa shape index (κ1) is 13.5. The predicted molar refractivity (Wildman–Crippen MR) is 77.3 cm³/mol. The molecule has 4 heteroatoms. The van der Waals surface area contributed by atoms with Crippen molar-refractivity contribution in [3.05, 3.63) is 47.7 Å². The summed E-state index contributed by atoms with van der Waals surface area (Å²) in [6.07, 6.45) is 4.35. The van der Waals surface area contributed by atoms with E-state index >= 15 is 0 Å². The summed E-state index contributed by atoms with van der Waals surface area (Å²) in [5.41, 5.74) is 2.20. The first-order valence-corrected chi connectivity index (χ1v) is 6.69. The van der Waals surface area contributed by atoms with E-state index < -0.39 is 0 Å². The predicted octanol–water partition coefficient (Wildman–Crippen LogP) is 3.02. The molecule has 2 rings (SSSR count). The summed E-state index contributed by atoms with van der Waals surface area (Å²) >= 11 is 0. The van der Waals surface area contributed by atoms with Crippen molar-refractivity contribution in [2.45, 2.75) is 33.1 Å². The van der Waals surface area contributed by atoms with Crippen molar-refractivity contribution >= 4 is 5.82 Å². The molecular weight excluding hydrogens is 236 g/mol. The van der Waals surface area contributed by atoms with Gasteiger partial charge in [0, 0.05) is 37.1 Å². The number of anilines is 1. The van der Waals surface area contributed by atoms with Crippen LogP contribution < -0.4 is 5.32 Å². The topological polar surface area (TPSA) is 50.7 Å². The highest BCUT2D eigenvalue weighted by molar-refractivity contribution is 5.37. The summed E-state index contributed by atoms with van der Waals surface area (Å²) in [7, 11) is 0. The van der Waals surface area contributed by atoms with E-state index in [9.17, 15) is 0 Å². The van der Waals surface area contributed by atoms with Gasteiger partial charge in [-0.15, -0.1) is 0 Å². The Labute approximate surface area is 114 Å². The zero-order chi connectivity index (χ0) is 13.7. The van der Waals surface area contributed by atoms with Crippen LogP contribution in [0.5, 0.6) is 0 Å². The van der Waals surface area contributed by atoms with Crippen LogP contribution in [0.25, 0.3) is 0 Å². The van der Waals surface area contributed by atoms with Crippen LogP contribution in [-0.2, 0) is 6.42 Å². The Hall–Kier alpha value is -1.97. The van der Waals surface area contributed by atoms with Crippen LogP contribution in [0.4, 0.5) is 5.82 Å². The maximum atomic E-state index is 4.63. The molecule has 0 aliphatic rings. The van der Waals surface area contributed by atoms with Gasteiger partial charge in [0.25, 0.3) is 0 Å². The van der Waals surface area contributed by atoms with Crippen molar-refractivity contribution in [1.82, 2.24) is 15.0 Å². The number of aromatic nitrogens is 3. The number of hydrogen-bond donors (Lipinski definition) is 1. The van der Waals surface area contributed by atoms with E-state index in [4.69, 9.17) is 0 Å². The van der Waals surface area contributed by atoms with E-state index in [1.807, 2.05) is 24.4 Å². The SMILES string of the molecule is CCNc1cc(C(C)C)nc(Cc2cccnc2)n1. The van der Waals surface area contributed by atoms with Crippen LogP contribution in [0.3, 0.4) is 0 Å². The van der Waals surface area contributed by atoms with E-state index in [-0.39, 0.29) is 0 Å². The van der Waals surface area contributed by atoms with Gasteiger partial charge in [0.05, 0.1) is 0 Å². The average Bonchev–Trinajstić information content (AvgIpc) is 2.40. The fourth-order valence-corrected chi connectivity index (χ4v) is 1.85. The molecule has 0 radical (unpaired) electrons. The maximum absolute atomic E-state index is 4.63. The minimum atomic E-state index is 0.396. The average molecular weight is 256 g/mol. The molecule has 0 aromatic carbocycles. The second kappa shape index (κ2) is 6.27. The summed E-state index contributed by atoms with van der Waals surface area (Å²) in [6.45, 7) is 7.22. The highest BCUT2D eigenvalue weighted by Crippen LogP contribution is 2.17. The molecule has 19 heavy (non-hydrogen) atoms. The first-order valence-electron chi connectivity index (χ1n) is 6.69. The van der Waals surface area contributed by atoms with E-state index in [1.54, 1.807) is 6.20 Å². The van der Waals surface area contributed by atoms with Crippen molar-refractivity contribution in [2.24, 2.45) is 0 Å². The minimum Gasteiger partial charge on any atom is -0.370 e. The number of pyridine rings is 1. The quantitative estimate of drug-likeness (QED) is 0.893. The molecule has 100 valence electrons. The summed E-state index contributed by atoms with van der Waals surface area (Å²) < 4.78 is 0. The highest BCUT2D eigenvalue weighted by atomic mass is 15.0. The standard InChI is InChI=1S/C15H20N4/c1-4-17-14-9-13(11(2)3)18-15(19-14)8-12-6-5-7-16-10-12/h5-7,9-11H,4,8H2,1-3H3,(H,17,18,19). The fourth-order valence-electron chi connectivity index (χ4n) is 1.85. The molecule has 2 aromatic rings. The van der Waals surface area contributed by atoms with Crippen LogP contribution in [-0.4, -0.2) is 21.5 Å². The largest absolute Gasteiger partial charge is 0.370 e. The lowest BCUT2D eigenvalue weighted by molar-refractivity contribution is 0.791. The van der Waals surface area contributed by atoms with Gasteiger partial charge < -0.3 is 5.32 Å². The smallest absolute Gasteiger partial charge is 0.135 e. The van der Waals surface area contributed by atoms with Gasteiger partial charge >= 0.3 is 0 Å². The molecule has 0 saturated heterocycles. The van der Waals surface area contributed by atoms with E-state index in [0.29, 0.717) is 12.3 Å². The van der Waals surface area contributed by atoms with Crippen molar-refractivity contribution in [1.29, 1.82) is 0 Å². The summed E-state index contributed by atoms with van der Waals surface area (Å²) in [4.78, 5) is 13.3. The van der Waals surface area contributed by atoms with E-state index in [0.717, 1.165) is 29.4 Å². The number of hydrogen-bond acceptors (Lipinski definition) is 4. The Balaban J connectivity index is 2.28. The van der Waals surface area contributed by atoms with Crippen LogP contribution in [0.1, 0.15) is 43.8 Å².